The van der Waals surface area contributed by atoms with E-state index in [0.717, 1.165) is 32.7 Å². The minimum atomic E-state index is 0.577. The molecule has 2 heterocycles. The van der Waals surface area contributed by atoms with Crippen LogP contribution >= 0.6 is 11.6 Å². The van der Waals surface area contributed by atoms with E-state index in [1.54, 1.807) is 0 Å². The molecule has 1 aromatic rings. The van der Waals surface area contributed by atoms with Crippen LogP contribution in [0.25, 0.3) is 0 Å². The van der Waals surface area contributed by atoms with Crippen LogP contribution < -0.4 is 4.90 Å². The normalized spacial score (nSPS) is 17.8. The molecular formula is C12H18ClN3. The molecule has 0 aliphatic carbocycles. The second kappa shape index (κ2) is 5.02. The van der Waals surface area contributed by atoms with Gasteiger partial charge in [0.2, 0.25) is 0 Å². The fourth-order valence-corrected chi connectivity index (χ4v) is 2.36. The summed E-state index contributed by atoms with van der Waals surface area (Å²) in [5.74, 6) is 0. The first-order chi connectivity index (χ1) is 7.70. The Morgan fingerprint density at radius 1 is 1.31 bits per heavy atom. The molecule has 0 unspecified atom stereocenters. The van der Waals surface area contributed by atoms with Crippen molar-refractivity contribution in [2.75, 3.05) is 37.6 Å². The summed E-state index contributed by atoms with van der Waals surface area (Å²) in [6.45, 7) is 9.89. The first-order valence-corrected chi connectivity index (χ1v) is 6.18. The highest BCUT2D eigenvalue weighted by atomic mass is 35.5. The molecule has 4 heteroatoms. The molecule has 1 aliphatic heterocycles. The minimum absolute atomic E-state index is 0.577. The summed E-state index contributed by atoms with van der Waals surface area (Å²) in [5.41, 5.74) is 2.44. The second-order valence-electron chi connectivity index (χ2n) is 4.21. The monoisotopic (exact) mass is 239 g/mol. The van der Waals surface area contributed by atoms with E-state index in [2.05, 4.69) is 28.6 Å². The predicted molar refractivity (Wildman–Crippen MR) is 68.3 cm³/mol. The maximum absolute atomic E-state index is 5.86. The van der Waals surface area contributed by atoms with E-state index in [-0.39, 0.29) is 0 Å². The first-order valence-electron chi connectivity index (χ1n) is 5.80. The number of nitrogens with zero attached hydrogens (tertiary/aromatic N) is 3. The Hall–Kier alpha value is -0.800. The molecule has 3 nitrogen and oxygen atoms in total. The molecule has 0 saturated carbocycles. The van der Waals surface area contributed by atoms with Crippen molar-refractivity contribution in [3.05, 3.63) is 23.0 Å². The highest BCUT2D eigenvalue weighted by Crippen LogP contribution is 2.22. The molecule has 0 aromatic carbocycles. The lowest BCUT2D eigenvalue weighted by atomic mass is 10.2. The Bertz CT molecular complexity index is 359. The third kappa shape index (κ3) is 2.47. The number of hydrogen-bond donors (Lipinski definition) is 0. The number of hydrogen-bond acceptors (Lipinski definition) is 3. The van der Waals surface area contributed by atoms with E-state index in [1.165, 1.54) is 11.3 Å². The quantitative estimate of drug-likeness (QED) is 0.738. The highest BCUT2D eigenvalue weighted by Gasteiger charge is 2.17. The number of rotatable bonds is 2. The molecule has 1 aromatic heterocycles. The largest absolute Gasteiger partial charge is 0.368 e. The van der Waals surface area contributed by atoms with E-state index in [9.17, 15) is 0 Å². The van der Waals surface area contributed by atoms with Gasteiger partial charge >= 0.3 is 0 Å². The Morgan fingerprint density at radius 2 is 2.00 bits per heavy atom. The van der Waals surface area contributed by atoms with Crippen molar-refractivity contribution in [3.63, 3.8) is 0 Å². The molecule has 0 N–H and O–H groups in total. The summed E-state index contributed by atoms with van der Waals surface area (Å²) in [6.07, 6.45) is 1.89. The van der Waals surface area contributed by atoms with Gasteiger partial charge in [-0.05, 0) is 25.1 Å². The van der Waals surface area contributed by atoms with E-state index in [0.29, 0.717) is 5.15 Å². The van der Waals surface area contributed by atoms with Gasteiger partial charge in [-0.2, -0.15) is 0 Å². The number of halogens is 1. The van der Waals surface area contributed by atoms with Crippen LogP contribution in [0.5, 0.6) is 0 Å². The zero-order chi connectivity index (χ0) is 11.5. The SMILES string of the molecule is CCN1CCN(c2cnc(Cl)cc2C)CC1. The third-order valence-corrected chi connectivity index (χ3v) is 3.42. The Morgan fingerprint density at radius 3 is 2.56 bits per heavy atom. The fraction of sp³-hybridized carbons (Fsp3) is 0.583. The average Bonchev–Trinajstić information content (AvgIpc) is 2.29. The molecule has 16 heavy (non-hydrogen) atoms. The molecular weight excluding hydrogens is 222 g/mol. The van der Waals surface area contributed by atoms with Crippen LogP contribution in [0, 0.1) is 6.92 Å². The molecule has 0 spiro atoms. The Labute approximate surface area is 102 Å². The molecule has 1 aliphatic rings. The molecule has 88 valence electrons. The predicted octanol–water partition coefficient (Wildman–Crippen LogP) is 2.19. The first kappa shape index (κ1) is 11.7. The number of aromatic nitrogens is 1. The molecule has 0 radical (unpaired) electrons. The fourth-order valence-electron chi connectivity index (χ4n) is 2.15. The minimum Gasteiger partial charge on any atom is -0.368 e. The summed E-state index contributed by atoms with van der Waals surface area (Å²) < 4.78 is 0. The van der Waals surface area contributed by atoms with Crippen LogP contribution in [0.15, 0.2) is 12.3 Å². The van der Waals surface area contributed by atoms with Crippen molar-refractivity contribution >= 4 is 17.3 Å². The number of anilines is 1. The summed E-state index contributed by atoms with van der Waals surface area (Å²) >= 11 is 5.86. The second-order valence-corrected chi connectivity index (χ2v) is 4.60. The van der Waals surface area contributed by atoms with Crippen LogP contribution in [0.4, 0.5) is 5.69 Å². The standard InChI is InChI=1S/C12H18ClN3/c1-3-15-4-6-16(7-5-15)11-9-14-12(13)8-10(11)2/h8-9H,3-7H2,1-2H3. The van der Waals surface area contributed by atoms with Crippen molar-refractivity contribution in [2.45, 2.75) is 13.8 Å². The molecule has 1 fully saturated rings. The van der Waals surface area contributed by atoms with Crippen molar-refractivity contribution in [2.24, 2.45) is 0 Å². The van der Waals surface area contributed by atoms with E-state index in [4.69, 9.17) is 11.6 Å². The van der Waals surface area contributed by atoms with Crippen LogP contribution in [0.3, 0.4) is 0 Å². The summed E-state index contributed by atoms with van der Waals surface area (Å²) in [5, 5.41) is 0.577. The Kier molecular flexibility index (Phi) is 3.66. The lowest BCUT2D eigenvalue weighted by Crippen LogP contribution is -2.46. The smallest absolute Gasteiger partial charge is 0.129 e. The van der Waals surface area contributed by atoms with Crippen LogP contribution in [-0.2, 0) is 0 Å². The topological polar surface area (TPSA) is 19.4 Å². The van der Waals surface area contributed by atoms with Crippen LogP contribution in [-0.4, -0.2) is 42.6 Å². The van der Waals surface area contributed by atoms with Crippen molar-refractivity contribution in [1.82, 2.24) is 9.88 Å². The zero-order valence-electron chi connectivity index (χ0n) is 9.91. The average molecular weight is 240 g/mol. The maximum Gasteiger partial charge on any atom is 0.129 e. The third-order valence-electron chi connectivity index (χ3n) is 3.21. The van der Waals surface area contributed by atoms with E-state index >= 15 is 0 Å². The van der Waals surface area contributed by atoms with Gasteiger partial charge in [-0.15, -0.1) is 0 Å². The molecule has 0 amide bonds. The van der Waals surface area contributed by atoms with Gasteiger partial charge in [-0.1, -0.05) is 18.5 Å². The van der Waals surface area contributed by atoms with Gasteiger partial charge in [0.25, 0.3) is 0 Å². The van der Waals surface area contributed by atoms with Crippen LogP contribution in [0.1, 0.15) is 12.5 Å². The molecule has 0 bridgehead atoms. The van der Waals surface area contributed by atoms with Crippen LogP contribution in [0.2, 0.25) is 5.15 Å². The van der Waals surface area contributed by atoms with Crippen molar-refractivity contribution in [3.8, 4) is 0 Å². The van der Waals surface area contributed by atoms with Gasteiger partial charge in [0.05, 0.1) is 11.9 Å². The zero-order valence-corrected chi connectivity index (χ0v) is 10.7. The van der Waals surface area contributed by atoms with Crippen molar-refractivity contribution in [1.29, 1.82) is 0 Å². The highest BCUT2D eigenvalue weighted by molar-refractivity contribution is 6.29. The number of piperazine rings is 1. The van der Waals surface area contributed by atoms with Crippen molar-refractivity contribution < 1.29 is 0 Å². The van der Waals surface area contributed by atoms with Gasteiger partial charge in [-0.25, -0.2) is 4.98 Å². The molecule has 2 rings (SSSR count). The van der Waals surface area contributed by atoms with Gasteiger partial charge < -0.3 is 9.80 Å². The van der Waals surface area contributed by atoms with Gasteiger partial charge in [0.15, 0.2) is 0 Å². The number of pyridine rings is 1. The maximum atomic E-state index is 5.86. The summed E-state index contributed by atoms with van der Waals surface area (Å²) in [6, 6.07) is 1.93. The molecule has 0 atom stereocenters. The summed E-state index contributed by atoms with van der Waals surface area (Å²) in [4.78, 5) is 9.03. The van der Waals surface area contributed by atoms with E-state index < -0.39 is 0 Å². The van der Waals surface area contributed by atoms with Gasteiger partial charge in [0, 0.05) is 26.2 Å². The lowest BCUT2D eigenvalue weighted by molar-refractivity contribution is 0.271. The Balaban J connectivity index is 2.08. The number of aryl methyl sites for hydroxylation is 1. The molecule has 1 saturated heterocycles. The lowest BCUT2D eigenvalue weighted by Gasteiger charge is -2.36. The summed E-state index contributed by atoms with van der Waals surface area (Å²) in [7, 11) is 0. The number of likely N-dealkylation sites (N-methyl/N-ethyl adjacent to an activating group) is 1. The van der Waals surface area contributed by atoms with E-state index in [1.807, 2.05) is 12.3 Å². The van der Waals surface area contributed by atoms with Gasteiger partial charge in [0.1, 0.15) is 5.15 Å². The van der Waals surface area contributed by atoms with Gasteiger partial charge in [-0.3, -0.25) is 0 Å².